The Morgan fingerprint density at radius 3 is 2.77 bits per heavy atom. The van der Waals surface area contributed by atoms with Gasteiger partial charge in [0.05, 0.1) is 0 Å². The summed E-state index contributed by atoms with van der Waals surface area (Å²) in [5, 5.41) is 11.4. The molecular formula is C21H31ClFIN6O. The molecule has 0 saturated heterocycles. The molecule has 1 aromatic heterocycles. The van der Waals surface area contributed by atoms with E-state index in [0.29, 0.717) is 30.6 Å². The van der Waals surface area contributed by atoms with E-state index < -0.39 is 0 Å². The normalized spacial score (nSPS) is 14.0. The molecule has 0 saturated carbocycles. The highest BCUT2D eigenvalue weighted by molar-refractivity contribution is 14.0. The van der Waals surface area contributed by atoms with Crippen LogP contribution in [0.2, 0.25) is 5.02 Å². The van der Waals surface area contributed by atoms with Crippen molar-refractivity contribution in [2.24, 2.45) is 4.99 Å². The Balaban J connectivity index is 0.00000341. The summed E-state index contributed by atoms with van der Waals surface area (Å²) in [5.41, 5.74) is 0.548. The van der Waals surface area contributed by atoms with Gasteiger partial charge in [-0.1, -0.05) is 31.5 Å². The number of aryl methyl sites for hydroxylation is 2. The van der Waals surface area contributed by atoms with E-state index in [4.69, 9.17) is 11.6 Å². The van der Waals surface area contributed by atoms with Crippen molar-refractivity contribution in [3.63, 3.8) is 0 Å². The fraction of sp³-hybridized carbons (Fsp3) is 0.571. The molecule has 0 aliphatic carbocycles. The summed E-state index contributed by atoms with van der Waals surface area (Å²) >= 11 is 6.23. The lowest BCUT2D eigenvalue weighted by Crippen LogP contribution is -2.44. The van der Waals surface area contributed by atoms with Crippen LogP contribution in [0.1, 0.15) is 44.5 Å². The molecule has 0 bridgehead atoms. The van der Waals surface area contributed by atoms with E-state index in [0.717, 1.165) is 43.6 Å². The number of hydrogen-bond donors (Lipinski definition) is 2. The van der Waals surface area contributed by atoms with Crippen LogP contribution in [0.3, 0.4) is 0 Å². The van der Waals surface area contributed by atoms with Gasteiger partial charge in [0.1, 0.15) is 11.6 Å². The molecule has 0 spiro atoms. The fourth-order valence-electron chi connectivity index (χ4n) is 3.69. The molecule has 2 N–H and O–H groups in total. The number of rotatable bonds is 7. The van der Waals surface area contributed by atoms with E-state index in [9.17, 15) is 9.18 Å². The number of benzene rings is 1. The van der Waals surface area contributed by atoms with Crippen molar-refractivity contribution < 1.29 is 4.39 Å². The molecule has 0 radical (unpaired) electrons. The average Bonchev–Trinajstić information content (AvgIpc) is 3.03. The van der Waals surface area contributed by atoms with E-state index in [2.05, 4.69) is 20.7 Å². The number of nitrogens with one attached hydrogen (secondary N) is 2. The molecule has 0 fully saturated rings. The van der Waals surface area contributed by atoms with Gasteiger partial charge in [0, 0.05) is 50.1 Å². The third-order valence-corrected chi connectivity index (χ3v) is 5.77. The average molecular weight is 565 g/mol. The van der Waals surface area contributed by atoms with Gasteiger partial charge >= 0.3 is 5.69 Å². The number of aromatic nitrogens is 3. The summed E-state index contributed by atoms with van der Waals surface area (Å²) in [5.74, 6) is 1.22. The number of nitrogens with zero attached hydrogens (tertiary/aromatic N) is 4. The van der Waals surface area contributed by atoms with Gasteiger partial charge in [0.15, 0.2) is 5.96 Å². The van der Waals surface area contributed by atoms with Crippen LogP contribution >= 0.6 is 35.6 Å². The third kappa shape index (κ3) is 6.44. The summed E-state index contributed by atoms with van der Waals surface area (Å²) in [6, 6.07) is 4.48. The number of aliphatic imine (C=N–C) groups is 1. The molecule has 172 valence electrons. The van der Waals surface area contributed by atoms with Gasteiger partial charge in [-0.15, -0.1) is 24.0 Å². The molecule has 0 unspecified atom stereocenters. The van der Waals surface area contributed by atoms with Crippen molar-refractivity contribution >= 4 is 41.5 Å². The lowest BCUT2D eigenvalue weighted by molar-refractivity contribution is 0.502. The molecule has 1 aliphatic rings. The first-order chi connectivity index (χ1) is 14.3. The smallest absolute Gasteiger partial charge is 0.345 e. The van der Waals surface area contributed by atoms with E-state index in [1.54, 1.807) is 22.4 Å². The van der Waals surface area contributed by atoms with E-state index >= 15 is 0 Å². The number of hydrogen-bond acceptors (Lipinski definition) is 3. The maximum atomic E-state index is 13.3. The molecule has 0 atom stereocenters. The lowest BCUT2D eigenvalue weighted by Gasteiger charge is -2.27. The molecule has 1 aromatic carbocycles. The minimum atomic E-state index is -0.345. The molecule has 31 heavy (non-hydrogen) atoms. The highest BCUT2D eigenvalue weighted by Crippen LogP contribution is 2.29. The first kappa shape index (κ1) is 25.6. The second-order valence-electron chi connectivity index (χ2n) is 8.24. The van der Waals surface area contributed by atoms with Crippen LogP contribution in [0.4, 0.5) is 4.39 Å². The quantitative estimate of drug-likeness (QED) is 0.234. The van der Waals surface area contributed by atoms with Gasteiger partial charge in [-0.3, -0.25) is 9.56 Å². The van der Waals surface area contributed by atoms with Crippen molar-refractivity contribution in [3.05, 3.63) is 50.9 Å². The Labute approximate surface area is 204 Å². The number of fused-ring (bicyclic) bond motifs is 1. The van der Waals surface area contributed by atoms with Gasteiger partial charge in [0.2, 0.25) is 0 Å². The van der Waals surface area contributed by atoms with Crippen molar-refractivity contribution in [2.75, 3.05) is 20.1 Å². The molecule has 2 heterocycles. The second kappa shape index (κ2) is 11.3. The van der Waals surface area contributed by atoms with Crippen LogP contribution in [0.25, 0.3) is 0 Å². The topological polar surface area (TPSA) is 76.2 Å². The highest BCUT2D eigenvalue weighted by Gasteiger charge is 2.24. The fourth-order valence-corrected chi connectivity index (χ4v) is 4.11. The molecule has 1 aliphatic heterocycles. The molecule has 3 rings (SSSR count). The minimum absolute atomic E-state index is 0. The predicted octanol–water partition coefficient (Wildman–Crippen LogP) is 3.32. The molecule has 7 nitrogen and oxygen atoms in total. The largest absolute Gasteiger partial charge is 0.356 e. The van der Waals surface area contributed by atoms with Crippen molar-refractivity contribution in [3.8, 4) is 0 Å². The Morgan fingerprint density at radius 1 is 1.32 bits per heavy atom. The first-order valence-corrected chi connectivity index (χ1v) is 10.8. The third-order valence-electron chi connectivity index (χ3n) is 5.45. The van der Waals surface area contributed by atoms with Crippen LogP contribution in [0, 0.1) is 5.82 Å². The van der Waals surface area contributed by atoms with Crippen LogP contribution in [-0.2, 0) is 24.9 Å². The van der Waals surface area contributed by atoms with Crippen LogP contribution in [0.5, 0.6) is 0 Å². The van der Waals surface area contributed by atoms with Crippen LogP contribution in [0.15, 0.2) is 28.0 Å². The van der Waals surface area contributed by atoms with Crippen LogP contribution < -0.4 is 16.3 Å². The predicted molar refractivity (Wildman–Crippen MR) is 133 cm³/mol. The summed E-state index contributed by atoms with van der Waals surface area (Å²) in [6.07, 6.45) is 3.77. The van der Waals surface area contributed by atoms with E-state index in [1.165, 1.54) is 12.1 Å². The van der Waals surface area contributed by atoms with Gasteiger partial charge in [-0.05, 0) is 37.0 Å². The summed E-state index contributed by atoms with van der Waals surface area (Å²) in [7, 11) is 1.71. The van der Waals surface area contributed by atoms with Gasteiger partial charge in [-0.2, -0.15) is 5.10 Å². The molecule has 0 amide bonds. The zero-order valence-electron chi connectivity index (χ0n) is 18.3. The Kier molecular flexibility index (Phi) is 9.35. The lowest BCUT2D eigenvalue weighted by atomic mass is 9.84. The molecule has 2 aromatic rings. The monoisotopic (exact) mass is 564 g/mol. The SMILES string of the molecule is CN=C(NCCCn1nc2n(c1=O)CCCC2)NCC(C)(C)c1ccc(F)cc1Cl.I. The molecule has 10 heteroatoms. The summed E-state index contributed by atoms with van der Waals surface area (Å²) in [6.45, 7) is 6.66. The Bertz CT molecular complexity index is 971. The minimum Gasteiger partial charge on any atom is -0.356 e. The maximum Gasteiger partial charge on any atom is 0.345 e. The van der Waals surface area contributed by atoms with Gasteiger partial charge < -0.3 is 10.6 Å². The van der Waals surface area contributed by atoms with Crippen molar-refractivity contribution in [2.45, 2.75) is 58.0 Å². The number of halogens is 3. The Hall–Kier alpha value is -1.62. The maximum absolute atomic E-state index is 13.3. The van der Waals surface area contributed by atoms with Gasteiger partial charge in [-0.25, -0.2) is 13.9 Å². The van der Waals surface area contributed by atoms with E-state index in [-0.39, 0.29) is 40.9 Å². The van der Waals surface area contributed by atoms with E-state index in [1.807, 2.05) is 13.8 Å². The zero-order chi connectivity index (χ0) is 21.7. The standard InChI is InChI=1S/C21H30ClFN6O.HI/c1-21(2,16-9-8-15(23)13-17(16)22)14-26-19(24-3)25-10-6-12-29-20(30)28-11-5-4-7-18(28)27-29;/h8-9,13H,4-7,10-12,14H2,1-3H3,(H2,24,25,26);1H. The molecular weight excluding hydrogens is 534 g/mol. The summed E-state index contributed by atoms with van der Waals surface area (Å²) in [4.78, 5) is 16.6. The van der Waals surface area contributed by atoms with Crippen LogP contribution in [-0.4, -0.2) is 40.4 Å². The van der Waals surface area contributed by atoms with Crippen molar-refractivity contribution in [1.29, 1.82) is 0 Å². The van der Waals surface area contributed by atoms with Gasteiger partial charge in [0.25, 0.3) is 0 Å². The second-order valence-corrected chi connectivity index (χ2v) is 8.65. The number of guanidine groups is 1. The Morgan fingerprint density at radius 2 is 2.10 bits per heavy atom. The first-order valence-electron chi connectivity index (χ1n) is 10.4. The highest BCUT2D eigenvalue weighted by atomic mass is 127. The summed E-state index contributed by atoms with van der Waals surface area (Å²) < 4.78 is 16.7. The van der Waals surface area contributed by atoms with Crippen molar-refractivity contribution in [1.82, 2.24) is 25.0 Å². The zero-order valence-corrected chi connectivity index (χ0v) is 21.3.